The third-order valence-electron chi connectivity index (χ3n) is 4.72. The predicted octanol–water partition coefficient (Wildman–Crippen LogP) is 6.08. The highest BCUT2D eigenvalue weighted by Gasteiger charge is 2.30. The lowest BCUT2D eigenvalue weighted by Gasteiger charge is -2.38. The highest BCUT2D eigenvalue weighted by Crippen LogP contribution is 2.31. The summed E-state index contributed by atoms with van der Waals surface area (Å²) >= 11 is 13.8. The first kappa shape index (κ1) is 19.5. The van der Waals surface area contributed by atoms with Crippen molar-refractivity contribution in [3.8, 4) is 0 Å². The van der Waals surface area contributed by atoms with Crippen LogP contribution in [0, 0.1) is 0 Å². The molecule has 0 bridgehead atoms. The third kappa shape index (κ3) is 4.54. The highest BCUT2D eigenvalue weighted by atomic mass is 35.5. The Morgan fingerprint density at radius 3 is 2.62 bits per heavy atom. The molecule has 138 valence electrons. The lowest BCUT2D eigenvalue weighted by atomic mass is 9.97. The maximum absolute atomic E-state index is 13.0. The minimum absolute atomic E-state index is 0.0288. The van der Waals surface area contributed by atoms with Crippen molar-refractivity contribution < 1.29 is 4.79 Å². The average Bonchev–Trinajstić information content (AvgIpc) is 2.61. The maximum atomic E-state index is 13.0. The first-order valence-corrected chi connectivity index (χ1v) is 10.6. The predicted molar refractivity (Wildman–Crippen MR) is 109 cm³/mol. The molecule has 1 fully saturated rings. The van der Waals surface area contributed by atoms with Crippen LogP contribution in [0.5, 0.6) is 0 Å². The van der Waals surface area contributed by atoms with E-state index in [4.69, 9.17) is 23.2 Å². The molecular weight excluding hydrogens is 387 g/mol. The summed E-state index contributed by atoms with van der Waals surface area (Å²) in [6.07, 6.45) is 3.29. The van der Waals surface area contributed by atoms with Gasteiger partial charge < -0.3 is 4.90 Å². The Balaban J connectivity index is 1.72. The lowest BCUT2D eigenvalue weighted by Crippen LogP contribution is -2.47. The van der Waals surface area contributed by atoms with Crippen LogP contribution in [0.1, 0.15) is 49.3 Å². The largest absolute Gasteiger partial charge is 0.332 e. The van der Waals surface area contributed by atoms with Crippen LogP contribution in [0.2, 0.25) is 10.0 Å². The van der Waals surface area contributed by atoms with E-state index < -0.39 is 0 Å². The maximum Gasteiger partial charge on any atom is 0.272 e. The Kier molecular flexibility index (Phi) is 6.49. The minimum atomic E-state index is 0.0288. The Morgan fingerprint density at radius 1 is 1.19 bits per heavy atom. The van der Waals surface area contributed by atoms with Gasteiger partial charge in [0.1, 0.15) is 5.69 Å². The fourth-order valence-electron chi connectivity index (χ4n) is 3.38. The number of carbonyl (C=O) groups excluding carboxylic acids is 1. The number of nitrogens with zero attached hydrogens (tertiary/aromatic N) is 2. The molecule has 0 radical (unpaired) electrons. The molecule has 1 amide bonds. The zero-order valence-corrected chi connectivity index (χ0v) is 17.2. The standard InChI is InChI=1S/C20H22Cl2N2OS/c1-13-5-3-6-14(2)24(13)20(25)18-8-4-7-16(23-18)12-26-19-10-9-15(21)11-17(19)22/h4,7-11,13-14H,3,5-6,12H2,1-2H3. The van der Waals surface area contributed by atoms with E-state index in [1.165, 1.54) is 6.42 Å². The molecule has 0 spiro atoms. The number of aromatic nitrogens is 1. The fourth-order valence-corrected chi connectivity index (χ4v) is 4.77. The second-order valence-corrected chi connectivity index (χ2v) is 8.58. The number of benzene rings is 1. The Bertz CT molecular complexity index is 789. The van der Waals surface area contributed by atoms with Gasteiger partial charge in [-0.3, -0.25) is 4.79 Å². The molecule has 0 saturated carbocycles. The molecule has 26 heavy (non-hydrogen) atoms. The van der Waals surface area contributed by atoms with Crippen molar-refractivity contribution in [1.82, 2.24) is 9.88 Å². The molecule has 0 aliphatic carbocycles. The van der Waals surface area contributed by atoms with Gasteiger partial charge in [-0.1, -0.05) is 29.3 Å². The first-order valence-electron chi connectivity index (χ1n) is 8.82. The van der Waals surface area contributed by atoms with Crippen molar-refractivity contribution in [2.75, 3.05) is 0 Å². The molecule has 1 saturated heterocycles. The van der Waals surface area contributed by atoms with Crippen molar-refractivity contribution in [1.29, 1.82) is 0 Å². The minimum Gasteiger partial charge on any atom is -0.332 e. The molecule has 2 unspecified atom stereocenters. The lowest BCUT2D eigenvalue weighted by molar-refractivity contribution is 0.0504. The van der Waals surface area contributed by atoms with E-state index in [0.717, 1.165) is 23.4 Å². The first-order chi connectivity index (χ1) is 12.5. The van der Waals surface area contributed by atoms with E-state index in [0.29, 0.717) is 21.5 Å². The van der Waals surface area contributed by atoms with Crippen molar-refractivity contribution in [3.63, 3.8) is 0 Å². The monoisotopic (exact) mass is 408 g/mol. The van der Waals surface area contributed by atoms with Crippen molar-refractivity contribution in [2.24, 2.45) is 0 Å². The number of hydrogen-bond acceptors (Lipinski definition) is 3. The molecule has 2 heterocycles. The number of thioether (sulfide) groups is 1. The molecule has 3 nitrogen and oxygen atoms in total. The second-order valence-electron chi connectivity index (χ2n) is 6.72. The van der Waals surface area contributed by atoms with Crippen LogP contribution in [0.15, 0.2) is 41.3 Å². The zero-order chi connectivity index (χ0) is 18.7. The molecule has 1 aromatic heterocycles. The number of carbonyl (C=O) groups is 1. The fraction of sp³-hybridized carbons (Fsp3) is 0.400. The molecule has 6 heteroatoms. The number of pyridine rings is 1. The quantitative estimate of drug-likeness (QED) is 0.574. The van der Waals surface area contributed by atoms with Gasteiger partial charge in [0, 0.05) is 27.8 Å². The Labute approximate surface area is 169 Å². The van der Waals surface area contributed by atoms with Crippen molar-refractivity contribution >= 4 is 40.9 Å². The third-order valence-corrected chi connectivity index (χ3v) is 6.49. The summed E-state index contributed by atoms with van der Waals surface area (Å²) in [4.78, 5) is 20.5. The molecule has 2 atom stereocenters. The molecule has 1 aliphatic rings. The smallest absolute Gasteiger partial charge is 0.272 e. The van der Waals surface area contributed by atoms with Gasteiger partial charge in [0.05, 0.1) is 10.7 Å². The number of halogens is 2. The summed E-state index contributed by atoms with van der Waals surface area (Å²) in [5, 5.41) is 1.25. The summed E-state index contributed by atoms with van der Waals surface area (Å²) in [6, 6.07) is 11.6. The number of likely N-dealkylation sites (tertiary alicyclic amines) is 1. The van der Waals surface area contributed by atoms with Gasteiger partial charge >= 0.3 is 0 Å². The van der Waals surface area contributed by atoms with Crippen LogP contribution < -0.4 is 0 Å². The van der Waals surface area contributed by atoms with Crippen LogP contribution >= 0.6 is 35.0 Å². The van der Waals surface area contributed by atoms with E-state index in [9.17, 15) is 4.79 Å². The van der Waals surface area contributed by atoms with Crippen LogP contribution in [-0.2, 0) is 5.75 Å². The van der Waals surface area contributed by atoms with Gasteiger partial charge in [-0.15, -0.1) is 11.8 Å². The van der Waals surface area contributed by atoms with E-state index >= 15 is 0 Å². The van der Waals surface area contributed by atoms with Gasteiger partial charge in [-0.05, 0) is 63.4 Å². The van der Waals surface area contributed by atoms with E-state index in [2.05, 4.69) is 18.8 Å². The van der Waals surface area contributed by atoms with Gasteiger partial charge in [-0.2, -0.15) is 0 Å². The Morgan fingerprint density at radius 2 is 1.92 bits per heavy atom. The number of rotatable bonds is 4. The van der Waals surface area contributed by atoms with E-state index in [-0.39, 0.29) is 18.0 Å². The summed E-state index contributed by atoms with van der Waals surface area (Å²) < 4.78 is 0. The van der Waals surface area contributed by atoms with Gasteiger partial charge in [0.15, 0.2) is 0 Å². The van der Waals surface area contributed by atoms with Crippen LogP contribution in [0.25, 0.3) is 0 Å². The summed E-state index contributed by atoms with van der Waals surface area (Å²) in [7, 11) is 0. The molecule has 1 aromatic carbocycles. The van der Waals surface area contributed by atoms with Gasteiger partial charge in [0.25, 0.3) is 5.91 Å². The summed E-state index contributed by atoms with van der Waals surface area (Å²) in [5.41, 5.74) is 1.38. The van der Waals surface area contributed by atoms with Crippen molar-refractivity contribution in [3.05, 3.63) is 57.8 Å². The van der Waals surface area contributed by atoms with E-state index in [1.807, 2.05) is 29.2 Å². The number of hydrogen-bond donors (Lipinski definition) is 0. The molecule has 3 rings (SSSR count). The number of piperidine rings is 1. The Hall–Kier alpha value is -1.23. The molecule has 2 aromatic rings. The summed E-state index contributed by atoms with van der Waals surface area (Å²) in [5.74, 6) is 0.675. The average molecular weight is 409 g/mol. The summed E-state index contributed by atoms with van der Waals surface area (Å²) in [6.45, 7) is 4.24. The molecular formula is C20H22Cl2N2OS. The van der Waals surface area contributed by atoms with E-state index in [1.54, 1.807) is 23.9 Å². The van der Waals surface area contributed by atoms with Gasteiger partial charge in [0.2, 0.25) is 0 Å². The molecule has 1 aliphatic heterocycles. The van der Waals surface area contributed by atoms with Gasteiger partial charge in [-0.25, -0.2) is 4.98 Å². The second kappa shape index (κ2) is 8.64. The SMILES string of the molecule is CC1CCCC(C)N1C(=O)c1cccc(CSc2ccc(Cl)cc2Cl)n1. The normalized spacial score (nSPS) is 20.2. The van der Waals surface area contributed by atoms with Crippen molar-refractivity contribution in [2.45, 2.75) is 55.8 Å². The van der Waals surface area contributed by atoms with Crippen LogP contribution in [0.4, 0.5) is 0 Å². The molecule has 0 N–H and O–H groups in total. The number of amides is 1. The van der Waals surface area contributed by atoms with Crippen LogP contribution in [0.3, 0.4) is 0 Å². The highest BCUT2D eigenvalue weighted by molar-refractivity contribution is 7.98. The van der Waals surface area contributed by atoms with Crippen LogP contribution in [-0.4, -0.2) is 27.9 Å². The zero-order valence-electron chi connectivity index (χ0n) is 14.9. The topological polar surface area (TPSA) is 33.2 Å².